The van der Waals surface area contributed by atoms with Gasteiger partial charge in [0.2, 0.25) is 10.0 Å². The van der Waals surface area contributed by atoms with Crippen molar-refractivity contribution in [2.75, 3.05) is 45.0 Å². The molecule has 0 aliphatic carbocycles. The van der Waals surface area contributed by atoms with Gasteiger partial charge in [0.25, 0.3) is 5.91 Å². The number of piperidine rings is 1. The summed E-state index contributed by atoms with van der Waals surface area (Å²) in [5.41, 5.74) is 1.11. The number of benzene rings is 1. The Hall–Kier alpha value is -2.31. The van der Waals surface area contributed by atoms with E-state index in [1.165, 1.54) is 4.90 Å². The van der Waals surface area contributed by atoms with Crippen LogP contribution < -0.4 is 4.74 Å². The van der Waals surface area contributed by atoms with E-state index >= 15 is 0 Å². The number of piperazine rings is 1. The average Bonchev–Trinajstić information content (AvgIpc) is 3.21. The summed E-state index contributed by atoms with van der Waals surface area (Å²) in [6.45, 7) is 6.08. The third-order valence-corrected chi connectivity index (χ3v) is 8.44. The van der Waals surface area contributed by atoms with E-state index in [2.05, 4.69) is 23.7 Å². The van der Waals surface area contributed by atoms with Crippen LogP contribution in [0.1, 0.15) is 37.2 Å². The van der Waals surface area contributed by atoms with E-state index in [1.54, 1.807) is 6.07 Å². The molecule has 0 spiro atoms. The van der Waals surface area contributed by atoms with Crippen LogP contribution in [0.5, 0.6) is 5.75 Å². The van der Waals surface area contributed by atoms with Crippen molar-refractivity contribution >= 4 is 26.8 Å². The van der Waals surface area contributed by atoms with Crippen LogP contribution in [0.4, 0.5) is 13.2 Å². The summed E-state index contributed by atoms with van der Waals surface area (Å²) in [5.74, 6) is -1.48. The molecule has 0 saturated carbocycles. The minimum Gasteiger partial charge on any atom is -0.490 e. The van der Waals surface area contributed by atoms with Gasteiger partial charge in [0, 0.05) is 56.2 Å². The summed E-state index contributed by atoms with van der Waals surface area (Å²) in [7, 11) is -4.45. The van der Waals surface area contributed by atoms with E-state index in [0.29, 0.717) is 11.7 Å². The zero-order valence-corrected chi connectivity index (χ0v) is 20.7. The fourth-order valence-electron chi connectivity index (χ4n) is 4.64. The van der Waals surface area contributed by atoms with Gasteiger partial charge < -0.3 is 19.5 Å². The fraction of sp³-hybridized carbons (Fsp3) is 0.609. The average molecular weight is 517 g/mol. The fourth-order valence-corrected chi connectivity index (χ4v) is 5.96. The monoisotopic (exact) mass is 516 g/mol. The number of hydrogen-bond donors (Lipinski definition) is 1. The second kappa shape index (κ2) is 9.98. The van der Waals surface area contributed by atoms with Crippen molar-refractivity contribution in [3.8, 4) is 5.75 Å². The van der Waals surface area contributed by atoms with E-state index < -0.39 is 22.0 Å². The second-order valence-electron chi connectivity index (χ2n) is 9.44. The first-order chi connectivity index (χ1) is 16.4. The molecular weight excluding hydrogens is 485 g/mol. The molecule has 1 N–H and O–H groups in total. The summed E-state index contributed by atoms with van der Waals surface area (Å²) < 4.78 is 68.6. The Morgan fingerprint density at radius 3 is 2.34 bits per heavy atom. The van der Waals surface area contributed by atoms with Crippen molar-refractivity contribution in [2.45, 2.75) is 45.0 Å². The first kappa shape index (κ1) is 25.8. The van der Waals surface area contributed by atoms with Gasteiger partial charge in [0.15, 0.2) is 5.75 Å². The zero-order chi connectivity index (χ0) is 25.4. The molecule has 2 saturated heterocycles. The van der Waals surface area contributed by atoms with Crippen molar-refractivity contribution in [3.63, 3.8) is 0 Å². The number of nitrogens with one attached hydrogen (secondary N) is 1. The van der Waals surface area contributed by atoms with Crippen LogP contribution in [0.2, 0.25) is 0 Å². The van der Waals surface area contributed by atoms with Gasteiger partial charge in [-0.3, -0.25) is 4.79 Å². The molecule has 35 heavy (non-hydrogen) atoms. The van der Waals surface area contributed by atoms with Gasteiger partial charge >= 0.3 is 6.18 Å². The molecule has 2 aliphatic heterocycles. The number of halogens is 3. The van der Waals surface area contributed by atoms with Crippen molar-refractivity contribution in [1.82, 2.24) is 19.1 Å². The number of alkyl halides is 3. The third kappa shape index (κ3) is 6.28. The van der Waals surface area contributed by atoms with Crippen molar-refractivity contribution in [2.24, 2.45) is 0 Å². The minimum atomic E-state index is -4.80. The number of carbonyl (C=O) groups is 1. The van der Waals surface area contributed by atoms with Gasteiger partial charge in [0.1, 0.15) is 17.5 Å². The number of ether oxygens (including phenoxy) is 1. The molecule has 2 aliphatic rings. The molecule has 3 heterocycles. The van der Waals surface area contributed by atoms with Crippen LogP contribution >= 0.6 is 0 Å². The lowest BCUT2D eigenvalue weighted by Gasteiger charge is -2.34. The lowest BCUT2D eigenvalue weighted by Crippen LogP contribution is -2.52. The quantitative estimate of drug-likeness (QED) is 0.638. The number of hydrogen-bond acceptors (Lipinski definition) is 5. The third-order valence-electron chi connectivity index (χ3n) is 6.60. The van der Waals surface area contributed by atoms with Crippen LogP contribution in [0.3, 0.4) is 0 Å². The second-order valence-corrected chi connectivity index (χ2v) is 11.4. The molecular formula is C23H31F3N4O4S. The molecule has 1 amide bonds. The maximum atomic E-state index is 13.0. The molecule has 194 valence electrons. The predicted octanol–water partition coefficient (Wildman–Crippen LogP) is 3.07. The van der Waals surface area contributed by atoms with Crippen LogP contribution in [-0.4, -0.2) is 96.8 Å². The predicted molar refractivity (Wildman–Crippen MR) is 126 cm³/mol. The Kier molecular flexibility index (Phi) is 7.35. The molecule has 0 radical (unpaired) electrons. The van der Waals surface area contributed by atoms with E-state index in [4.69, 9.17) is 4.74 Å². The number of sulfonamides is 1. The topological polar surface area (TPSA) is 85.9 Å². The number of fused-ring (bicyclic) bond motifs is 1. The Morgan fingerprint density at radius 1 is 1.09 bits per heavy atom. The van der Waals surface area contributed by atoms with Gasteiger partial charge in [-0.2, -0.15) is 17.5 Å². The van der Waals surface area contributed by atoms with Gasteiger partial charge in [-0.15, -0.1) is 0 Å². The number of aromatic amines is 1. The number of H-pyrrole nitrogens is 1. The maximum absolute atomic E-state index is 13.0. The van der Waals surface area contributed by atoms with Crippen molar-refractivity contribution < 1.29 is 31.1 Å². The molecule has 0 bridgehead atoms. The first-order valence-electron chi connectivity index (χ1n) is 11.8. The summed E-state index contributed by atoms with van der Waals surface area (Å²) in [5, 5.41) is 0.817. The van der Waals surface area contributed by atoms with Crippen LogP contribution in [0.15, 0.2) is 24.3 Å². The highest BCUT2D eigenvalue weighted by molar-refractivity contribution is 7.89. The number of carbonyl (C=O) groups excluding carboxylic acids is 1. The molecule has 4 rings (SSSR count). The highest BCUT2D eigenvalue weighted by Gasteiger charge is 2.39. The Bertz CT molecular complexity index is 1150. The van der Waals surface area contributed by atoms with Gasteiger partial charge in [-0.1, -0.05) is 0 Å². The molecule has 0 unspecified atom stereocenters. The lowest BCUT2D eigenvalue weighted by molar-refractivity contribution is -0.107. The van der Waals surface area contributed by atoms with Crippen LogP contribution in [0, 0.1) is 0 Å². The molecule has 2 fully saturated rings. The SMILES string of the molecule is CC(C)N1CCC(Oc2ccc3[nH]c(C(=O)N4CCN(S(=O)(=O)CC(F)(F)F)CC4)cc3c2)CC1. The summed E-state index contributed by atoms with van der Waals surface area (Å²) in [6, 6.07) is 7.85. The molecule has 8 nitrogen and oxygen atoms in total. The molecule has 12 heteroatoms. The largest absolute Gasteiger partial charge is 0.490 e. The molecule has 1 aromatic carbocycles. The molecule has 1 aromatic heterocycles. The number of aromatic nitrogens is 1. The van der Waals surface area contributed by atoms with Crippen LogP contribution in [-0.2, 0) is 10.0 Å². The van der Waals surface area contributed by atoms with Gasteiger partial charge in [-0.05, 0) is 51.0 Å². The summed E-state index contributed by atoms with van der Waals surface area (Å²) in [6.07, 6.45) is -2.74. The number of nitrogens with zero attached hydrogens (tertiary/aromatic N) is 3. The van der Waals surface area contributed by atoms with E-state index in [-0.39, 0.29) is 38.2 Å². The van der Waals surface area contributed by atoms with Gasteiger partial charge in [0.05, 0.1) is 0 Å². The number of rotatable bonds is 6. The Labute approximate surface area is 203 Å². The number of amides is 1. The van der Waals surface area contributed by atoms with Crippen molar-refractivity contribution in [1.29, 1.82) is 0 Å². The van der Waals surface area contributed by atoms with Crippen LogP contribution in [0.25, 0.3) is 10.9 Å². The first-order valence-corrected chi connectivity index (χ1v) is 13.4. The number of likely N-dealkylation sites (tertiary alicyclic amines) is 1. The van der Waals surface area contributed by atoms with Crippen molar-refractivity contribution in [3.05, 3.63) is 30.0 Å². The minimum absolute atomic E-state index is 0.0225. The van der Waals surface area contributed by atoms with E-state index in [0.717, 1.165) is 46.9 Å². The normalized spacial score (nSPS) is 19.5. The summed E-state index contributed by atoms with van der Waals surface area (Å²) in [4.78, 5) is 19.9. The maximum Gasteiger partial charge on any atom is 0.404 e. The van der Waals surface area contributed by atoms with E-state index in [1.807, 2.05) is 18.2 Å². The summed E-state index contributed by atoms with van der Waals surface area (Å²) >= 11 is 0. The van der Waals surface area contributed by atoms with E-state index in [9.17, 15) is 26.4 Å². The molecule has 2 aromatic rings. The highest BCUT2D eigenvalue weighted by Crippen LogP contribution is 2.26. The Morgan fingerprint density at radius 2 is 1.74 bits per heavy atom. The smallest absolute Gasteiger partial charge is 0.404 e. The lowest BCUT2D eigenvalue weighted by atomic mass is 10.1. The van der Waals surface area contributed by atoms with Gasteiger partial charge in [-0.25, -0.2) is 8.42 Å². The molecule has 0 atom stereocenters. The standard InChI is InChI=1S/C23H31F3N4O4S/c1-16(2)28-7-5-18(6-8-28)34-19-3-4-20-17(13-19)14-21(27-20)22(31)29-9-11-30(12-10-29)35(32,33)15-23(24,25)26/h3-4,13-14,16,18,27H,5-12,15H2,1-2H3. The Balaban J connectivity index is 1.36. The highest BCUT2D eigenvalue weighted by atomic mass is 32.2. The zero-order valence-electron chi connectivity index (χ0n) is 19.8.